The summed E-state index contributed by atoms with van der Waals surface area (Å²) in [6, 6.07) is -0.894. The van der Waals surface area contributed by atoms with Crippen molar-refractivity contribution in [3.63, 3.8) is 0 Å². The number of carboxylic acids is 1. The molecule has 0 radical (unpaired) electrons. The number of aliphatic carboxylic acids is 1. The number of thiazole rings is 1. The molecule has 2 N–H and O–H groups in total. The van der Waals surface area contributed by atoms with E-state index in [4.69, 9.17) is 5.11 Å². The molecule has 16 heavy (non-hydrogen) atoms. The Balaban J connectivity index is 2.51. The number of carboxylic acid groups (broad SMARTS) is 1. The third kappa shape index (κ3) is 3.82. The summed E-state index contributed by atoms with van der Waals surface area (Å²) in [5.74, 6) is -1.51. The highest BCUT2D eigenvalue weighted by atomic mass is 32.1. The van der Waals surface area contributed by atoms with Crippen LogP contribution >= 0.6 is 11.3 Å². The Labute approximate surface area is 96.8 Å². The van der Waals surface area contributed by atoms with Gasteiger partial charge in [0.1, 0.15) is 6.04 Å². The number of rotatable bonds is 4. The van der Waals surface area contributed by atoms with Crippen molar-refractivity contribution in [3.8, 4) is 0 Å². The average molecular weight is 240 g/mol. The van der Waals surface area contributed by atoms with Gasteiger partial charge in [0.15, 0.2) is 0 Å². The van der Waals surface area contributed by atoms with Crippen LogP contribution in [0.3, 0.4) is 0 Å². The molecule has 0 aromatic carbocycles. The number of carbonyl (C=O) groups excluding carboxylic acids is 1. The molecule has 1 aromatic heterocycles. The first kappa shape index (κ1) is 12.4. The van der Waals surface area contributed by atoms with E-state index >= 15 is 0 Å². The number of nitrogens with one attached hydrogen (secondary N) is 1. The molecular weight excluding hydrogens is 228 g/mol. The van der Waals surface area contributed by atoms with Gasteiger partial charge in [0, 0.05) is 11.5 Å². The van der Waals surface area contributed by atoms with E-state index < -0.39 is 17.9 Å². The number of amides is 1. The molecule has 0 bridgehead atoms. The topological polar surface area (TPSA) is 79.3 Å². The fourth-order valence-electron chi connectivity index (χ4n) is 0.941. The molecule has 0 aliphatic carbocycles. The van der Waals surface area contributed by atoms with Crippen molar-refractivity contribution in [2.75, 3.05) is 0 Å². The molecule has 0 spiro atoms. The molecule has 0 saturated carbocycles. The SMILES string of the molecule is Cc1nc(/C=C/C(=O)NC(C)C(=O)O)cs1. The lowest BCUT2D eigenvalue weighted by Gasteiger charge is -2.05. The van der Waals surface area contributed by atoms with Gasteiger partial charge in [-0.2, -0.15) is 0 Å². The predicted molar refractivity (Wildman–Crippen MR) is 61.1 cm³/mol. The summed E-state index contributed by atoms with van der Waals surface area (Å²) in [4.78, 5) is 25.8. The van der Waals surface area contributed by atoms with Gasteiger partial charge in [-0.1, -0.05) is 0 Å². The first-order valence-corrected chi connectivity index (χ1v) is 5.50. The van der Waals surface area contributed by atoms with Crippen molar-refractivity contribution in [2.24, 2.45) is 0 Å². The number of carbonyl (C=O) groups is 2. The first-order valence-electron chi connectivity index (χ1n) is 4.62. The molecule has 6 heteroatoms. The number of nitrogens with zero attached hydrogens (tertiary/aromatic N) is 1. The quantitative estimate of drug-likeness (QED) is 0.771. The fourth-order valence-corrected chi connectivity index (χ4v) is 1.52. The van der Waals surface area contributed by atoms with E-state index in [2.05, 4.69) is 10.3 Å². The van der Waals surface area contributed by atoms with E-state index in [-0.39, 0.29) is 0 Å². The smallest absolute Gasteiger partial charge is 0.325 e. The van der Waals surface area contributed by atoms with Gasteiger partial charge in [0.05, 0.1) is 10.7 Å². The fraction of sp³-hybridized carbons (Fsp3) is 0.300. The second-order valence-electron chi connectivity index (χ2n) is 3.19. The van der Waals surface area contributed by atoms with Gasteiger partial charge in [-0.25, -0.2) is 4.98 Å². The molecule has 0 fully saturated rings. The van der Waals surface area contributed by atoms with E-state index in [1.165, 1.54) is 24.3 Å². The minimum atomic E-state index is -1.06. The van der Waals surface area contributed by atoms with Crippen LogP contribution in [0.25, 0.3) is 6.08 Å². The maximum absolute atomic E-state index is 11.3. The minimum Gasteiger partial charge on any atom is -0.480 e. The van der Waals surface area contributed by atoms with Gasteiger partial charge >= 0.3 is 5.97 Å². The third-order valence-corrected chi connectivity index (χ3v) is 2.56. The standard InChI is InChI=1S/C10H12N2O3S/c1-6(10(14)15)11-9(13)4-3-8-5-16-7(2)12-8/h3-6H,1-2H3,(H,11,13)(H,14,15)/b4-3+. The van der Waals surface area contributed by atoms with Gasteiger partial charge in [-0.05, 0) is 19.9 Å². The Bertz CT molecular complexity index is 425. The van der Waals surface area contributed by atoms with Crippen molar-refractivity contribution in [1.82, 2.24) is 10.3 Å². The van der Waals surface area contributed by atoms with Gasteiger partial charge in [-0.15, -0.1) is 11.3 Å². The van der Waals surface area contributed by atoms with Crippen LogP contribution in [-0.2, 0) is 9.59 Å². The summed E-state index contributed by atoms with van der Waals surface area (Å²) in [5.41, 5.74) is 0.695. The van der Waals surface area contributed by atoms with Crippen LogP contribution in [0.4, 0.5) is 0 Å². The lowest BCUT2D eigenvalue weighted by molar-refractivity contribution is -0.140. The van der Waals surface area contributed by atoms with Crippen LogP contribution < -0.4 is 5.32 Å². The number of aromatic nitrogens is 1. The zero-order valence-electron chi connectivity index (χ0n) is 8.93. The summed E-state index contributed by atoms with van der Waals surface area (Å²) < 4.78 is 0. The van der Waals surface area contributed by atoms with Crippen molar-refractivity contribution in [2.45, 2.75) is 19.9 Å². The molecule has 1 aromatic rings. The van der Waals surface area contributed by atoms with Crippen LogP contribution in [0.2, 0.25) is 0 Å². The summed E-state index contributed by atoms with van der Waals surface area (Å²) in [5, 5.41) is 13.6. The Hall–Kier alpha value is -1.69. The second-order valence-corrected chi connectivity index (χ2v) is 4.26. The number of hydrogen-bond donors (Lipinski definition) is 2. The van der Waals surface area contributed by atoms with Gasteiger partial charge in [0.2, 0.25) is 5.91 Å². The highest BCUT2D eigenvalue weighted by molar-refractivity contribution is 7.09. The molecule has 1 heterocycles. The maximum atomic E-state index is 11.3. The monoisotopic (exact) mass is 240 g/mol. The molecule has 1 rings (SSSR count). The summed E-state index contributed by atoms with van der Waals surface area (Å²) in [7, 11) is 0. The largest absolute Gasteiger partial charge is 0.480 e. The van der Waals surface area contributed by atoms with Crippen LogP contribution in [-0.4, -0.2) is 28.0 Å². The zero-order valence-corrected chi connectivity index (χ0v) is 9.75. The molecule has 86 valence electrons. The van der Waals surface area contributed by atoms with Crippen LogP contribution in [0.5, 0.6) is 0 Å². The molecular formula is C10H12N2O3S. The average Bonchev–Trinajstić information content (AvgIpc) is 2.61. The minimum absolute atomic E-state index is 0.444. The van der Waals surface area contributed by atoms with Gasteiger partial charge < -0.3 is 10.4 Å². The Morgan fingerprint density at radius 3 is 2.81 bits per heavy atom. The molecule has 0 aliphatic rings. The molecule has 0 aliphatic heterocycles. The van der Waals surface area contributed by atoms with Crippen molar-refractivity contribution in [1.29, 1.82) is 0 Å². The zero-order chi connectivity index (χ0) is 12.1. The van der Waals surface area contributed by atoms with Crippen molar-refractivity contribution < 1.29 is 14.7 Å². The second kappa shape index (κ2) is 5.41. The first-order chi connectivity index (χ1) is 7.49. The predicted octanol–water partition coefficient (Wildman–Crippen LogP) is 1.05. The molecule has 5 nitrogen and oxygen atoms in total. The highest BCUT2D eigenvalue weighted by Crippen LogP contribution is 2.08. The third-order valence-electron chi connectivity index (χ3n) is 1.77. The van der Waals surface area contributed by atoms with Crippen molar-refractivity contribution >= 4 is 29.3 Å². The molecule has 1 atom stereocenters. The Morgan fingerprint density at radius 1 is 1.62 bits per heavy atom. The van der Waals surface area contributed by atoms with E-state index in [0.717, 1.165) is 5.01 Å². The normalized spacial score (nSPS) is 12.6. The van der Waals surface area contributed by atoms with E-state index in [0.29, 0.717) is 5.69 Å². The Morgan fingerprint density at radius 2 is 2.31 bits per heavy atom. The Kier molecular flexibility index (Phi) is 4.19. The summed E-state index contributed by atoms with van der Waals surface area (Å²) in [6.07, 6.45) is 2.82. The number of hydrogen-bond acceptors (Lipinski definition) is 4. The van der Waals surface area contributed by atoms with Crippen LogP contribution in [0, 0.1) is 6.92 Å². The molecule has 0 saturated heterocycles. The van der Waals surface area contributed by atoms with Crippen molar-refractivity contribution in [3.05, 3.63) is 22.2 Å². The van der Waals surface area contributed by atoms with E-state index in [9.17, 15) is 9.59 Å². The summed E-state index contributed by atoms with van der Waals surface area (Å²) in [6.45, 7) is 3.27. The lowest BCUT2D eigenvalue weighted by atomic mass is 10.3. The number of aryl methyl sites for hydroxylation is 1. The van der Waals surface area contributed by atoms with Crippen LogP contribution in [0.15, 0.2) is 11.5 Å². The molecule has 1 unspecified atom stereocenters. The van der Waals surface area contributed by atoms with Gasteiger partial charge in [-0.3, -0.25) is 9.59 Å². The molecule has 1 amide bonds. The maximum Gasteiger partial charge on any atom is 0.325 e. The summed E-state index contributed by atoms with van der Waals surface area (Å²) >= 11 is 1.49. The van der Waals surface area contributed by atoms with E-state index in [1.807, 2.05) is 12.3 Å². The van der Waals surface area contributed by atoms with E-state index in [1.54, 1.807) is 6.08 Å². The van der Waals surface area contributed by atoms with Crippen LogP contribution in [0.1, 0.15) is 17.6 Å². The lowest BCUT2D eigenvalue weighted by Crippen LogP contribution is -2.37. The van der Waals surface area contributed by atoms with Gasteiger partial charge in [0.25, 0.3) is 0 Å². The highest BCUT2D eigenvalue weighted by Gasteiger charge is 2.11.